The van der Waals surface area contributed by atoms with Crippen molar-refractivity contribution in [1.29, 1.82) is 0 Å². The third-order valence-electron chi connectivity index (χ3n) is 5.05. The molecule has 4 heteroatoms. The van der Waals surface area contributed by atoms with Crippen molar-refractivity contribution in [3.8, 4) is 0 Å². The monoisotopic (exact) mass is 333 g/mol. The number of aromatic nitrogens is 2. The summed E-state index contributed by atoms with van der Waals surface area (Å²) in [5, 5.41) is 0. The molecule has 1 aliphatic heterocycles. The number of aryl methyl sites for hydroxylation is 1. The van der Waals surface area contributed by atoms with Crippen molar-refractivity contribution < 1.29 is 0 Å². The minimum Gasteiger partial charge on any atom is -0.356 e. The summed E-state index contributed by atoms with van der Waals surface area (Å²) in [6.07, 6.45) is 5.23. The molecule has 3 heterocycles. The lowest BCUT2D eigenvalue weighted by Gasteiger charge is -2.33. The number of piperidine rings is 1. The van der Waals surface area contributed by atoms with E-state index in [4.69, 9.17) is 4.98 Å². The van der Waals surface area contributed by atoms with Crippen molar-refractivity contribution in [2.45, 2.75) is 26.2 Å². The van der Waals surface area contributed by atoms with Crippen molar-refractivity contribution >= 4 is 11.5 Å². The highest BCUT2D eigenvalue weighted by Crippen LogP contribution is 2.24. The SMILES string of the molecule is Cc1ccc(C[C@@H]2CCCN(c3cc(=O)n4ccccc4n3)C2)cc1. The molecule has 4 rings (SSSR count). The summed E-state index contributed by atoms with van der Waals surface area (Å²) < 4.78 is 1.59. The molecule has 0 unspecified atom stereocenters. The molecular weight excluding hydrogens is 310 g/mol. The molecule has 128 valence electrons. The second-order valence-corrected chi connectivity index (χ2v) is 7.03. The Bertz CT molecular complexity index is 930. The van der Waals surface area contributed by atoms with Crippen LogP contribution in [0.25, 0.3) is 5.65 Å². The van der Waals surface area contributed by atoms with Gasteiger partial charge >= 0.3 is 0 Å². The second-order valence-electron chi connectivity index (χ2n) is 7.03. The lowest BCUT2D eigenvalue weighted by atomic mass is 9.91. The molecule has 25 heavy (non-hydrogen) atoms. The number of rotatable bonds is 3. The fourth-order valence-corrected chi connectivity index (χ4v) is 3.70. The topological polar surface area (TPSA) is 37.6 Å². The first-order chi connectivity index (χ1) is 12.2. The van der Waals surface area contributed by atoms with E-state index in [1.807, 2.05) is 18.2 Å². The van der Waals surface area contributed by atoms with Gasteiger partial charge < -0.3 is 4.90 Å². The maximum atomic E-state index is 12.3. The standard InChI is InChI=1S/C21H23N3O/c1-16-7-9-17(10-8-16)13-18-5-4-11-23(15-18)20-14-21(25)24-12-3-2-6-19(24)22-20/h2-3,6-10,12,14,18H,4-5,11,13,15H2,1H3/t18-/m0/s1. The molecule has 1 aliphatic rings. The van der Waals surface area contributed by atoms with Gasteiger partial charge in [-0.1, -0.05) is 35.9 Å². The van der Waals surface area contributed by atoms with E-state index in [1.165, 1.54) is 17.5 Å². The second kappa shape index (κ2) is 6.71. The van der Waals surface area contributed by atoms with Gasteiger partial charge in [0.1, 0.15) is 11.5 Å². The minimum atomic E-state index is -0.0127. The van der Waals surface area contributed by atoms with Crippen LogP contribution in [0.2, 0.25) is 0 Å². The summed E-state index contributed by atoms with van der Waals surface area (Å²) in [6.45, 7) is 4.05. The number of hydrogen-bond donors (Lipinski definition) is 0. The van der Waals surface area contributed by atoms with Crippen LogP contribution in [0.4, 0.5) is 5.82 Å². The van der Waals surface area contributed by atoms with Crippen LogP contribution in [0.1, 0.15) is 24.0 Å². The highest BCUT2D eigenvalue weighted by Gasteiger charge is 2.22. The quantitative estimate of drug-likeness (QED) is 0.737. The summed E-state index contributed by atoms with van der Waals surface area (Å²) in [4.78, 5) is 19.3. The third-order valence-corrected chi connectivity index (χ3v) is 5.05. The molecule has 0 radical (unpaired) electrons. The molecule has 1 aromatic carbocycles. The van der Waals surface area contributed by atoms with Gasteiger partial charge in [0, 0.05) is 25.4 Å². The first kappa shape index (κ1) is 15.9. The smallest absolute Gasteiger partial charge is 0.259 e. The van der Waals surface area contributed by atoms with Crippen LogP contribution in [0.15, 0.2) is 59.5 Å². The molecular formula is C21H23N3O. The predicted molar refractivity (Wildman–Crippen MR) is 101 cm³/mol. The molecule has 0 spiro atoms. The normalized spacial score (nSPS) is 17.8. The maximum Gasteiger partial charge on any atom is 0.259 e. The van der Waals surface area contributed by atoms with E-state index in [0.29, 0.717) is 11.6 Å². The van der Waals surface area contributed by atoms with Gasteiger partial charge in [0.25, 0.3) is 5.56 Å². The fraction of sp³-hybridized carbons (Fsp3) is 0.333. The van der Waals surface area contributed by atoms with Gasteiger partial charge in [-0.15, -0.1) is 0 Å². The zero-order chi connectivity index (χ0) is 17.2. The largest absolute Gasteiger partial charge is 0.356 e. The zero-order valence-electron chi connectivity index (χ0n) is 14.6. The molecule has 0 bridgehead atoms. The van der Waals surface area contributed by atoms with Crippen molar-refractivity contribution in [2.75, 3.05) is 18.0 Å². The minimum absolute atomic E-state index is 0.0127. The van der Waals surface area contributed by atoms with Gasteiger partial charge in [-0.3, -0.25) is 9.20 Å². The van der Waals surface area contributed by atoms with Gasteiger partial charge in [0.05, 0.1) is 0 Å². The number of anilines is 1. The lowest BCUT2D eigenvalue weighted by Crippen LogP contribution is -2.37. The summed E-state index contributed by atoms with van der Waals surface area (Å²) in [5.41, 5.74) is 3.39. The van der Waals surface area contributed by atoms with E-state index in [0.717, 1.165) is 31.7 Å². The van der Waals surface area contributed by atoms with Gasteiger partial charge in [0.2, 0.25) is 0 Å². The van der Waals surface area contributed by atoms with Crippen molar-refractivity contribution in [2.24, 2.45) is 5.92 Å². The molecule has 1 fully saturated rings. The van der Waals surface area contributed by atoms with E-state index < -0.39 is 0 Å². The molecule has 0 amide bonds. The van der Waals surface area contributed by atoms with Crippen molar-refractivity contribution in [1.82, 2.24) is 9.38 Å². The average molecular weight is 333 g/mol. The fourth-order valence-electron chi connectivity index (χ4n) is 3.70. The molecule has 0 saturated carbocycles. The number of benzene rings is 1. The van der Waals surface area contributed by atoms with E-state index in [9.17, 15) is 4.79 Å². The van der Waals surface area contributed by atoms with E-state index in [-0.39, 0.29) is 5.56 Å². The summed E-state index contributed by atoms with van der Waals surface area (Å²) in [7, 11) is 0. The van der Waals surface area contributed by atoms with E-state index in [1.54, 1.807) is 16.7 Å². The highest BCUT2D eigenvalue weighted by atomic mass is 16.1. The van der Waals surface area contributed by atoms with Crippen molar-refractivity contribution in [3.63, 3.8) is 0 Å². The zero-order valence-corrected chi connectivity index (χ0v) is 14.6. The molecule has 0 aliphatic carbocycles. The Morgan fingerprint density at radius 1 is 1.16 bits per heavy atom. The molecule has 3 aromatic rings. The number of fused-ring (bicyclic) bond motifs is 1. The Hall–Kier alpha value is -2.62. The Balaban J connectivity index is 1.55. The van der Waals surface area contributed by atoms with Crippen LogP contribution in [-0.2, 0) is 6.42 Å². The average Bonchev–Trinajstić information content (AvgIpc) is 2.64. The van der Waals surface area contributed by atoms with Gasteiger partial charge in [-0.25, -0.2) is 4.98 Å². The number of pyridine rings is 1. The van der Waals surface area contributed by atoms with Crippen molar-refractivity contribution in [3.05, 3.63) is 76.2 Å². The Morgan fingerprint density at radius 2 is 2.00 bits per heavy atom. The Morgan fingerprint density at radius 3 is 2.84 bits per heavy atom. The van der Waals surface area contributed by atoms with Gasteiger partial charge in [-0.05, 0) is 49.8 Å². The highest BCUT2D eigenvalue weighted by molar-refractivity contribution is 5.48. The Labute approximate surface area is 147 Å². The number of nitrogens with zero attached hydrogens (tertiary/aromatic N) is 3. The molecule has 2 aromatic heterocycles. The van der Waals surface area contributed by atoms with Gasteiger partial charge in [-0.2, -0.15) is 0 Å². The lowest BCUT2D eigenvalue weighted by molar-refractivity contribution is 0.411. The molecule has 1 atom stereocenters. The predicted octanol–water partition coefficient (Wildman–Crippen LogP) is 3.46. The van der Waals surface area contributed by atoms with Crippen LogP contribution >= 0.6 is 0 Å². The summed E-state index contributed by atoms with van der Waals surface area (Å²) in [5.74, 6) is 1.41. The van der Waals surface area contributed by atoms with E-state index >= 15 is 0 Å². The molecule has 4 nitrogen and oxygen atoms in total. The molecule has 0 N–H and O–H groups in total. The van der Waals surface area contributed by atoms with Crippen LogP contribution < -0.4 is 10.5 Å². The Kier molecular flexibility index (Phi) is 4.26. The first-order valence-corrected chi connectivity index (χ1v) is 8.98. The van der Waals surface area contributed by atoms with Crippen LogP contribution in [0.3, 0.4) is 0 Å². The van der Waals surface area contributed by atoms with Gasteiger partial charge in [0.15, 0.2) is 0 Å². The molecule has 1 saturated heterocycles. The first-order valence-electron chi connectivity index (χ1n) is 8.98. The summed E-state index contributed by atoms with van der Waals surface area (Å²) in [6, 6.07) is 16.2. The number of hydrogen-bond acceptors (Lipinski definition) is 3. The van der Waals surface area contributed by atoms with Crippen LogP contribution in [0, 0.1) is 12.8 Å². The van der Waals surface area contributed by atoms with Crippen LogP contribution in [-0.4, -0.2) is 22.5 Å². The van der Waals surface area contributed by atoms with Crippen LogP contribution in [0.5, 0.6) is 0 Å². The summed E-state index contributed by atoms with van der Waals surface area (Å²) >= 11 is 0. The third kappa shape index (κ3) is 3.43. The maximum absolute atomic E-state index is 12.3. The van der Waals surface area contributed by atoms with E-state index in [2.05, 4.69) is 36.1 Å².